The molecule has 16 heavy (non-hydrogen) atoms. The molecule has 1 amide bonds. The highest BCUT2D eigenvalue weighted by atomic mass is 79.9. The first-order valence-electron chi connectivity index (χ1n) is 4.78. The molecule has 4 nitrogen and oxygen atoms in total. The first-order chi connectivity index (χ1) is 7.69. The van der Waals surface area contributed by atoms with E-state index in [-0.39, 0.29) is 5.91 Å². The summed E-state index contributed by atoms with van der Waals surface area (Å²) in [6.07, 6.45) is 0.868. The third-order valence-electron chi connectivity index (χ3n) is 2.08. The second kappa shape index (κ2) is 4.80. The summed E-state index contributed by atoms with van der Waals surface area (Å²) in [6.45, 7) is 2.02. The minimum Gasteiger partial charge on any atom is -0.305 e. The number of hydrogen-bond donors (Lipinski definition) is 2. The van der Waals surface area contributed by atoms with Crippen molar-refractivity contribution in [1.82, 2.24) is 10.2 Å². The molecule has 0 saturated carbocycles. The molecule has 0 aliphatic rings. The number of aryl methyl sites for hydroxylation is 1. The van der Waals surface area contributed by atoms with Crippen LogP contribution in [0.15, 0.2) is 21.3 Å². The quantitative estimate of drug-likeness (QED) is 0.915. The van der Waals surface area contributed by atoms with Crippen molar-refractivity contribution in [3.63, 3.8) is 0 Å². The van der Waals surface area contributed by atoms with Crippen LogP contribution < -0.4 is 5.32 Å². The number of H-pyrrole nitrogens is 1. The number of nitrogens with one attached hydrogen (secondary N) is 2. The van der Waals surface area contributed by atoms with E-state index in [1.54, 1.807) is 11.4 Å². The van der Waals surface area contributed by atoms with E-state index in [1.165, 1.54) is 11.3 Å². The SMILES string of the molecule is CCc1cc(NC(=O)c2csc(Br)c2)n[nH]1. The molecule has 2 N–H and O–H groups in total. The number of aromatic nitrogens is 2. The number of halogens is 1. The summed E-state index contributed by atoms with van der Waals surface area (Å²) in [7, 11) is 0. The van der Waals surface area contributed by atoms with Crippen LogP contribution in [0.3, 0.4) is 0 Å². The molecule has 84 valence electrons. The molecular weight excluding hydrogens is 290 g/mol. The average molecular weight is 300 g/mol. The van der Waals surface area contributed by atoms with Gasteiger partial charge < -0.3 is 5.32 Å². The zero-order valence-electron chi connectivity index (χ0n) is 8.58. The lowest BCUT2D eigenvalue weighted by molar-refractivity contribution is 0.102. The van der Waals surface area contributed by atoms with Crippen LogP contribution in [0.4, 0.5) is 5.82 Å². The summed E-state index contributed by atoms with van der Waals surface area (Å²) in [5.74, 6) is 0.417. The number of thiophene rings is 1. The van der Waals surface area contributed by atoms with Gasteiger partial charge >= 0.3 is 0 Å². The van der Waals surface area contributed by atoms with Crippen molar-refractivity contribution < 1.29 is 4.79 Å². The highest BCUT2D eigenvalue weighted by Crippen LogP contribution is 2.21. The molecule has 2 aromatic rings. The van der Waals surface area contributed by atoms with Crippen molar-refractivity contribution in [2.75, 3.05) is 5.32 Å². The van der Waals surface area contributed by atoms with E-state index < -0.39 is 0 Å². The van der Waals surface area contributed by atoms with E-state index in [2.05, 4.69) is 31.4 Å². The van der Waals surface area contributed by atoms with Crippen LogP contribution in [0.25, 0.3) is 0 Å². The maximum atomic E-state index is 11.7. The van der Waals surface area contributed by atoms with Gasteiger partial charge in [-0.3, -0.25) is 9.89 Å². The third kappa shape index (κ3) is 2.51. The third-order valence-corrected chi connectivity index (χ3v) is 3.59. The topological polar surface area (TPSA) is 57.8 Å². The molecule has 2 aromatic heterocycles. The second-order valence-corrected chi connectivity index (χ2v) is 5.52. The van der Waals surface area contributed by atoms with Crippen LogP contribution in [0.2, 0.25) is 0 Å². The van der Waals surface area contributed by atoms with Gasteiger partial charge in [0.05, 0.1) is 9.35 Å². The van der Waals surface area contributed by atoms with E-state index in [4.69, 9.17) is 0 Å². The molecule has 0 atom stereocenters. The van der Waals surface area contributed by atoms with Crippen molar-refractivity contribution in [3.8, 4) is 0 Å². The normalized spacial score (nSPS) is 10.4. The molecule has 2 rings (SSSR count). The van der Waals surface area contributed by atoms with Crippen LogP contribution >= 0.6 is 27.3 Å². The predicted molar refractivity (Wildman–Crippen MR) is 67.9 cm³/mol. The fourth-order valence-corrected chi connectivity index (χ4v) is 2.36. The summed E-state index contributed by atoms with van der Waals surface area (Å²) in [4.78, 5) is 11.7. The summed E-state index contributed by atoms with van der Waals surface area (Å²) in [5.41, 5.74) is 1.64. The Morgan fingerprint density at radius 3 is 3.00 bits per heavy atom. The van der Waals surface area contributed by atoms with Crippen LogP contribution in [0.5, 0.6) is 0 Å². The highest BCUT2D eigenvalue weighted by Gasteiger charge is 2.09. The summed E-state index contributed by atoms with van der Waals surface area (Å²) < 4.78 is 0.939. The highest BCUT2D eigenvalue weighted by molar-refractivity contribution is 9.11. The van der Waals surface area contributed by atoms with Crippen molar-refractivity contribution in [2.45, 2.75) is 13.3 Å². The fraction of sp³-hybridized carbons (Fsp3) is 0.200. The lowest BCUT2D eigenvalue weighted by Gasteiger charge is -1.97. The Hall–Kier alpha value is -1.14. The Balaban J connectivity index is 2.07. The van der Waals surface area contributed by atoms with Gasteiger partial charge in [-0.25, -0.2) is 0 Å². The molecule has 0 unspecified atom stereocenters. The lowest BCUT2D eigenvalue weighted by Crippen LogP contribution is -2.10. The minimum atomic E-state index is -0.142. The van der Waals surface area contributed by atoms with Gasteiger partial charge in [0.2, 0.25) is 0 Å². The molecule has 2 heterocycles. The smallest absolute Gasteiger partial charge is 0.257 e. The van der Waals surface area contributed by atoms with Crippen molar-refractivity contribution >= 4 is 39.0 Å². The Kier molecular flexibility index (Phi) is 3.40. The van der Waals surface area contributed by atoms with Crippen molar-refractivity contribution in [2.24, 2.45) is 0 Å². The Morgan fingerprint density at radius 1 is 1.62 bits per heavy atom. The molecule has 0 spiro atoms. The first kappa shape index (κ1) is 11.3. The minimum absolute atomic E-state index is 0.142. The van der Waals surface area contributed by atoms with E-state index in [1.807, 2.05) is 13.0 Å². The number of anilines is 1. The van der Waals surface area contributed by atoms with E-state index in [0.717, 1.165) is 15.9 Å². The summed E-state index contributed by atoms with van der Waals surface area (Å²) >= 11 is 4.80. The predicted octanol–water partition coefficient (Wildman–Crippen LogP) is 3.05. The largest absolute Gasteiger partial charge is 0.305 e. The Labute approximate surface area is 105 Å². The standard InChI is InChI=1S/C10H10BrN3OS/c1-2-7-4-9(14-13-7)12-10(15)6-3-8(11)16-5-6/h3-5H,2H2,1H3,(H2,12,13,14,15). The molecule has 0 aromatic carbocycles. The van der Waals surface area contributed by atoms with E-state index >= 15 is 0 Å². The number of amides is 1. The van der Waals surface area contributed by atoms with Gasteiger partial charge in [0.25, 0.3) is 5.91 Å². The van der Waals surface area contributed by atoms with Crippen LogP contribution in [0.1, 0.15) is 23.0 Å². The zero-order chi connectivity index (χ0) is 11.5. The number of carbonyl (C=O) groups is 1. The van der Waals surface area contributed by atoms with Gasteiger partial charge in [0.15, 0.2) is 5.82 Å². The Bertz CT molecular complexity index is 506. The average Bonchev–Trinajstić information content (AvgIpc) is 2.87. The van der Waals surface area contributed by atoms with Gasteiger partial charge in [-0.1, -0.05) is 6.92 Å². The van der Waals surface area contributed by atoms with Gasteiger partial charge in [-0.05, 0) is 28.4 Å². The molecule has 0 saturated heterocycles. The van der Waals surface area contributed by atoms with Crippen molar-refractivity contribution in [1.29, 1.82) is 0 Å². The van der Waals surface area contributed by atoms with Gasteiger partial charge in [0, 0.05) is 17.1 Å². The first-order valence-corrected chi connectivity index (χ1v) is 6.46. The monoisotopic (exact) mass is 299 g/mol. The maximum Gasteiger partial charge on any atom is 0.257 e. The lowest BCUT2D eigenvalue weighted by atomic mass is 10.3. The van der Waals surface area contributed by atoms with Gasteiger partial charge in [-0.15, -0.1) is 11.3 Å². The zero-order valence-corrected chi connectivity index (χ0v) is 11.0. The number of hydrogen-bond acceptors (Lipinski definition) is 3. The number of carbonyl (C=O) groups excluding carboxylic acids is 1. The van der Waals surface area contributed by atoms with E-state index in [0.29, 0.717) is 11.4 Å². The molecule has 0 fully saturated rings. The van der Waals surface area contributed by atoms with Gasteiger partial charge in [0.1, 0.15) is 0 Å². The molecule has 0 bridgehead atoms. The number of aromatic amines is 1. The Morgan fingerprint density at radius 2 is 2.44 bits per heavy atom. The molecule has 0 aliphatic heterocycles. The number of rotatable bonds is 3. The van der Waals surface area contributed by atoms with Crippen molar-refractivity contribution in [3.05, 3.63) is 32.6 Å². The van der Waals surface area contributed by atoms with Gasteiger partial charge in [-0.2, -0.15) is 5.10 Å². The van der Waals surface area contributed by atoms with E-state index in [9.17, 15) is 4.79 Å². The molecule has 0 aliphatic carbocycles. The van der Waals surface area contributed by atoms with Crippen LogP contribution in [0, 0.1) is 0 Å². The molecule has 6 heteroatoms. The fourth-order valence-electron chi connectivity index (χ4n) is 1.22. The summed E-state index contributed by atoms with van der Waals surface area (Å²) in [5, 5.41) is 11.4. The van der Waals surface area contributed by atoms with Crippen LogP contribution in [-0.2, 0) is 6.42 Å². The number of nitrogens with zero attached hydrogens (tertiary/aromatic N) is 1. The molecule has 0 radical (unpaired) electrons. The maximum absolute atomic E-state index is 11.7. The second-order valence-electron chi connectivity index (χ2n) is 3.23. The summed E-state index contributed by atoms with van der Waals surface area (Å²) in [6, 6.07) is 3.62. The molecular formula is C10H10BrN3OS. The van der Waals surface area contributed by atoms with Crippen LogP contribution in [-0.4, -0.2) is 16.1 Å².